The molecule has 0 spiro atoms. The van der Waals surface area contributed by atoms with Crippen molar-refractivity contribution in [1.29, 1.82) is 0 Å². The van der Waals surface area contributed by atoms with Crippen molar-refractivity contribution in [3.63, 3.8) is 0 Å². The summed E-state index contributed by atoms with van der Waals surface area (Å²) in [5, 5.41) is 0. The fourth-order valence-electron chi connectivity index (χ4n) is 1.48. The van der Waals surface area contributed by atoms with Gasteiger partial charge >= 0.3 is 0 Å². The van der Waals surface area contributed by atoms with E-state index < -0.39 is 6.04 Å². The molecule has 0 saturated heterocycles. The van der Waals surface area contributed by atoms with Crippen LogP contribution in [0.5, 0.6) is 0 Å². The highest BCUT2D eigenvalue weighted by molar-refractivity contribution is 5.97. The van der Waals surface area contributed by atoms with Gasteiger partial charge < -0.3 is 0 Å². The lowest BCUT2D eigenvalue weighted by molar-refractivity contribution is -0.499. The van der Waals surface area contributed by atoms with E-state index in [1.165, 1.54) is 12.3 Å². The summed E-state index contributed by atoms with van der Waals surface area (Å²) in [5.74, 6) is -0.119. The maximum atomic E-state index is 11.2. The van der Waals surface area contributed by atoms with Crippen LogP contribution in [0.3, 0.4) is 0 Å². The summed E-state index contributed by atoms with van der Waals surface area (Å²) >= 11 is 0. The fourth-order valence-corrected chi connectivity index (χ4v) is 1.48. The van der Waals surface area contributed by atoms with E-state index >= 15 is 0 Å². The van der Waals surface area contributed by atoms with Crippen LogP contribution in [-0.2, 0) is 4.79 Å². The number of nitroso groups, excluding NO2 is 1. The van der Waals surface area contributed by atoms with Gasteiger partial charge in [0.25, 0.3) is 6.04 Å². The van der Waals surface area contributed by atoms with Crippen LogP contribution in [0.1, 0.15) is 6.42 Å². The van der Waals surface area contributed by atoms with E-state index in [9.17, 15) is 9.70 Å². The van der Waals surface area contributed by atoms with E-state index in [4.69, 9.17) is 0 Å². The molecule has 1 atom stereocenters. The molecule has 3 nitrogen and oxygen atoms in total. The molecule has 0 aromatic rings. The van der Waals surface area contributed by atoms with E-state index in [1.54, 1.807) is 12.2 Å². The molecule has 60 valence electrons. The van der Waals surface area contributed by atoms with Crippen molar-refractivity contribution < 1.29 is 9.55 Å². The quantitative estimate of drug-likeness (QED) is 0.500. The van der Waals surface area contributed by atoms with E-state index in [-0.39, 0.29) is 5.78 Å². The average Bonchev–Trinajstić information content (AvgIpc) is 2.04. The van der Waals surface area contributed by atoms with Gasteiger partial charge in [-0.2, -0.15) is 0 Å². The van der Waals surface area contributed by atoms with Crippen LogP contribution in [0, 0.1) is 4.91 Å². The first-order valence-corrected chi connectivity index (χ1v) is 3.82. The van der Waals surface area contributed by atoms with E-state index in [1.807, 2.05) is 6.08 Å². The Morgan fingerprint density at radius 1 is 1.50 bits per heavy atom. The highest BCUT2D eigenvalue weighted by Crippen LogP contribution is 2.21. The molecule has 1 aliphatic heterocycles. The number of rotatable bonds is 0. The van der Waals surface area contributed by atoms with Crippen LogP contribution < -0.4 is 0 Å². The molecular formula is C9H8NO2+. The molecule has 0 saturated carbocycles. The van der Waals surface area contributed by atoms with Gasteiger partial charge in [-0.25, -0.2) is 0 Å². The van der Waals surface area contributed by atoms with Crippen molar-refractivity contribution in [3.05, 3.63) is 41.0 Å². The van der Waals surface area contributed by atoms with Gasteiger partial charge in [-0.15, -0.1) is 0 Å². The number of allylic oxidation sites excluding steroid dienone is 3. The number of nitrogens with zero attached hydrogens (tertiary/aromatic N) is 1. The molecule has 1 unspecified atom stereocenters. The van der Waals surface area contributed by atoms with Crippen molar-refractivity contribution in [2.24, 2.45) is 0 Å². The molecule has 0 N–H and O–H groups in total. The van der Waals surface area contributed by atoms with Gasteiger partial charge in [-0.05, 0) is 18.6 Å². The Kier molecular flexibility index (Phi) is 1.50. The second-order valence-corrected chi connectivity index (χ2v) is 2.85. The summed E-state index contributed by atoms with van der Waals surface area (Å²) in [6.07, 6.45) is 8.86. The monoisotopic (exact) mass is 162 g/mol. The predicted octanol–water partition coefficient (Wildman–Crippen LogP) is 1.12. The van der Waals surface area contributed by atoms with Crippen LogP contribution in [0.4, 0.5) is 0 Å². The summed E-state index contributed by atoms with van der Waals surface area (Å²) in [6, 6.07) is -0.583. The third-order valence-corrected chi connectivity index (χ3v) is 2.05. The van der Waals surface area contributed by atoms with Gasteiger partial charge in [0.15, 0.2) is 0 Å². The van der Waals surface area contributed by atoms with Gasteiger partial charge in [0.1, 0.15) is 0 Å². The van der Waals surface area contributed by atoms with E-state index in [0.717, 1.165) is 5.57 Å². The first kappa shape index (κ1) is 7.16. The zero-order chi connectivity index (χ0) is 8.55. The number of carbonyl (C=O) groups is 1. The number of fused-ring (bicyclic) bond motifs is 1. The van der Waals surface area contributed by atoms with Gasteiger partial charge in [-0.3, -0.25) is 4.79 Å². The summed E-state index contributed by atoms with van der Waals surface area (Å²) in [6.45, 7) is 0. The number of carbonyl (C=O) groups excluding carboxylic acids is 1. The van der Waals surface area contributed by atoms with Crippen molar-refractivity contribution in [3.8, 4) is 0 Å². The lowest BCUT2D eigenvalue weighted by Gasteiger charge is -2.13. The normalized spacial score (nSPS) is 27.0. The SMILES string of the molecule is O=C1C=CC=C2CC=C[N+](=O)C12. The second-order valence-electron chi connectivity index (χ2n) is 2.85. The molecule has 2 aliphatic rings. The van der Waals surface area contributed by atoms with Crippen molar-refractivity contribution in [1.82, 2.24) is 0 Å². The van der Waals surface area contributed by atoms with Crippen LogP contribution in [0.15, 0.2) is 36.1 Å². The summed E-state index contributed by atoms with van der Waals surface area (Å²) in [5.41, 5.74) is 0.889. The summed E-state index contributed by atoms with van der Waals surface area (Å²) in [7, 11) is 0. The topological polar surface area (TPSA) is 37.1 Å². The third-order valence-electron chi connectivity index (χ3n) is 2.05. The minimum atomic E-state index is -0.583. The molecule has 0 bridgehead atoms. The summed E-state index contributed by atoms with van der Waals surface area (Å²) in [4.78, 5) is 22.4. The van der Waals surface area contributed by atoms with Crippen molar-refractivity contribution in [2.75, 3.05) is 0 Å². The van der Waals surface area contributed by atoms with Crippen LogP contribution in [0.25, 0.3) is 0 Å². The lowest BCUT2D eigenvalue weighted by atomic mass is 9.93. The third kappa shape index (κ3) is 0.942. The molecule has 0 aromatic carbocycles. The van der Waals surface area contributed by atoms with Gasteiger partial charge in [0.2, 0.25) is 12.0 Å². The number of hydrogen-bond donors (Lipinski definition) is 0. The maximum absolute atomic E-state index is 11.2. The highest BCUT2D eigenvalue weighted by atomic mass is 16.3. The molecule has 0 fully saturated rings. The molecule has 1 aliphatic carbocycles. The van der Waals surface area contributed by atoms with Crippen LogP contribution in [0.2, 0.25) is 0 Å². The Bertz CT molecular complexity index is 336. The minimum Gasteiger partial charge on any atom is -0.287 e. The van der Waals surface area contributed by atoms with Crippen LogP contribution in [-0.4, -0.2) is 16.6 Å². The van der Waals surface area contributed by atoms with Gasteiger partial charge in [0.05, 0.1) is 0 Å². The van der Waals surface area contributed by atoms with Crippen molar-refractivity contribution >= 4 is 5.78 Å². The van der Waals surface area contributed by atoms with E-state index in [0.29, 0.717) is 11.2 Å². The number of ketones is 1. The van der Waals surface area contributed by atoms with E-state index in [2.05, 4.69) is 0 Å². The molecule has 1 heterocycles. The molecule has 3 heteroatoms. The molecule has 0 aromatic heterocycles. The summed E-state index contributed by atoms with van der Waals surface area (Å²) < 4.78 is 0.709. The molecule has 12 heavy (non-hydrogen) atoms. The Morgan fingerprint density at radius 3 is 3.08 bits per heavy atom. The largest absolute Gasteiger partial charge is 0.290 e. The Morgan fingerprint density at radius 2 is 2.33 bits per heavy atom. The minimum absolute atomic E-state index is 0.119. The maximum Gasteiger partial charge on any atom is 0.290 e. The molecule has 2 rings (SSSR count). The zero-order valence-corrected chi connectivity index (χ0v) is 6.43. The molecule has 0 radical (unpaired) electrons. The first-order valence-electron chi connectivity index (χ1n) is 3.82. The number of hydrogen-bond acceptors (Lipinski definition) is 2. The zero-order valence-electron chi connectivity index (χ0n) is 6.43. The first-order chi connectivity index (χ1) is 5.79. The smallest absolute Gasteiger partial charge is 0.287 e. The molecular weight excluding hydrogens is 154 g/mol. The Hall–Kier alpha value is -1.51. The lowest BCUT2D eigenvalue weighted by Crippen LogP contribution is -2.33. The van der Waals surface area contributed by atoms with Crippen molar-refractivity contribution in [2.45, 2.75) is 12.5 Å². The standard InChI is InChI=1S/C9H8NO2/c11-8-5-1-3-7-4-2-6-10(12)9(7)8/h1-3,5-6,9H,4H2/q+1. The Labute approximate surface area is 69.6 Å². The second kappa shape index (κ2) is 2.52. The molecule has 0 amide bonds. The Balaban J connectivity index is 2.44. The fraction of sp³-hybridized carbons (Fsp3) is 0.222. The predicted molar refractivity (Wildman–Crippen MR) is 43.4 cm³/mol. The van der Waals surface area contributed by atoms with Gasteiger partial charge in [-0.1, -0.05) is 12.2 Å². The van der Waals surface area contributed by atoms with Crippen LogP contribution >= 0.6 is 0 Å². The highest BCUT2D eigenvalue weighted by Gasteiger charge is 2.37. The average molecular weight is 162 g/mol. The van der Waals surface area contributed by atoms with Gasteiger partial charge in [0, 0.05) is 15.2 Å².